The third-order valence-electron chi connectivity index (χ3n) is 2.57. The number of aromatic nitrogens is 2. The number of carboxylic acids is 1. The molecule has 2 aromatic rings. The summed E-state index contributed by atoms with van der Waals surface area (Å²) in [6, 6.07) is 6.89. The molecule has 0 radical (unpaired) electrons. The molecule has 0 saturated heterocycles. The molecule has 0 unspecified atom stereocenters. The number of aromatic carboxylic acids is 1. The fourth-order valence-corrected chi connectivity index (χ4v) is 1.65. The number of hydrogen-bond donors (Lipinski definition) is 2. The van der Waals surface area contributed by atoms with Crippen LogP contribution in [0.4, 0.5) is 4.39 Å². The fraction of sp³-hybridized carbons (Fsp3) is 0.154. The van der Waals surface area contributed by atoms with Crippen LogP contribution in [0.25, 0.3) is 0 Å². The second kappa shape index (κ2) is 5.43. The van der Waals surface area contributed by atoms with E-state index in [0.717, 1.165) is 11.6 Å². The van der Waals surface area contributed by atoms with E-state index < -0.39 is 11.5 Å². The second-order valence-electron chi connectivity index (χ2n) is 4.01. The van der Waals surface area contributed by atoms with Crippen molar-refractivity contribution in [2.75, 3.05) is 0 Å². The van der Waals surface area contributed by atoms with Crippen LogP contribution in [0.3, 0.4) is 0 Å². The zero-order valence-corrected chi connectivity index (χ0v) is 9.89. The van der Waals surface area contributed by atoms with Crippen molar-refractivity contribution in [1.82, 2.24) is 9.97 Å². The molecule has 2 rings (SSSR count). The summed E-state index contributed by atoms with van der Waals surface area (Å²) in [5.74, 6) is -1.26. The number of aromatic amines is 1. The Kier molecular flexibility index (Phi) is 3.70. The highest BCUT2D eigenvalue weighted by molar-refractivity contribution is 5.85. The Morgan fingerprint density at radius 1 is 1.26 bits per heavy atom. The van der Waals surface area contributed by atoms with Crippen molar-refractivity contribution in [2.45, 2.75) is 12.8 Å². The van der Waals surface area contributed by atoms with Crippen molar-refractivity contribution in [3.63, 3.8) is 0 Å². The molecule has 19 heavy (non-hydrogen) atoms. The van der Waals surface area contributed by atoms with Gasteiger partial charge in [0.25, 0.3) is 5.56 Å². The molecular weight excluding hydrogens is 251 g/mol. The molecule has 0 bridgehead atoms. The van der Waals surface area contributed by atoms with E-state index in [2.05, 4.69) is 9.97 Å². The van der Waals surface area contributed by atoms with Crippen LogP contribution in [0.1, 0.15) is 21.9 Å². The van der Waals surface area contributed by atoms with Crippen LogP contribution >= 0.6 is 0 Å². The van der Waals surface area contributed by atoms with Crippen LogP contribution in [-0.4, -0.2) is 21.0 Å². The zero-order valence-electron chi connectivity index (χ0n) is 9.89. The maximum Gasteiger partial charge on any atom is 0.354 e. The number of H-pyrrole nitrogens is 1. The van der Waals surface area contributed by atoms with Gasteiger partial charge in [0.15, 0.2) is 5.69 Å². The minimum atomic E-state index is -1.24. The van der Waals surface area contributed by atoms with Crippen molar-refractivity contribution in [1.29, 1.82) is 0 Å². The molecule has 1 aromatic carbocycles. The molecule has 6 heteroatoms. The molecule has 0 amide bonds. The standard InChI is InChI=1S/C13H11FN2O3/c14-9-4-1-8(2-5-9)3-6-11-15-10(13(18)19)7-12(17)16-11/h1-2,4-5,7H,3,6H2,(H,18,19)(H,15,16,17). The van der Waals surface area contributed by atoms with Gasteiger partial charge in [0.2, 0.25) is 0 Å². The first-order valence-corrected chi connectivity index (χ1v) is 5.62. The van der Waals surface area contributed by atoms with E-state index in [4.69, 9.17) is 5.11 Å². The maximum atomic E-state index is 12.7. The predicted molar refractivity (Wildman–Crippen MR) is 65.6 cm³/mol. The first kappa shape index (κ1) is 12.9. The highest BCUT2D eigenvalue weighted by Crippen LogP contribution is 2.06. The molecule has 1 heterocycles. The number of nitrogens with zero attached hydrogens (tertiary/aromatic N) is 1. The molecular formula is C13H11FN2O3. The number of carbonyl (C=O) groups is 1. The van der Waals surface area contributed by atoms with E-state index in [1.165, 1.54) is 12.1 Å². The van der Waals surface area contributed by atoms with Gasteiger partial charge in [-0.3, -0.25) is 4.79 Å². The summed E-state index contributed by atoms with van der Waals surface area (Å²) in [6.07, 6.45) is 0.911. The Morgan fingerprint density at radius 2 is 1.95 bits per heavy atom. The Balaban J connectivity index is 2.13. The molecule has 2 N–H and O–H groups in total. The fourth-order valence-electron chi connectivity index (χ4n) is 1.65. The minimum absolute atomic E-state index is 0.280. The number of aryl methyl sites for hydroxylation is 2. The van der Waals surface area contributed by atoms with Gasteiger partial charge in [0.1, 0.15) is 11.6 Å². The molecule has 0 aliphatic rings. The van der Waals surface area contributed by atoms with Gasteiger partial charge < -0.3 is 10.1 Å². The lowest BCUT2D eigenvalue weighted by Crippen LogP contribution is -2.16. The monoisotopic (exact) mass is 262 g/mol. The van der Waals surface area contributed by atoms with E-state index in [1.807, 2.05) is 0 Å². The molecule has 5 nitrogen and oxygen atoms in total. The number of halogens is 1. The Bertz CT molecular complexity index is 650. The van der Waals surface area contributed by atoms with Crippen LogP contribution in [-0.2, 0) is 12.8 Å². The Hall–Kier alpha value is -2.50. The summed E-state index contributed by atoms with van der Waals surface area (Å²) >= 11 is 0. The molecule has 1 aromatic heterocycles. The van der Waals surface area contributed by atoms with Crippen molar-refractivity contribution in [2.24, 2.45) is 0 Å². The van der Waals surface area contributed by atoms with Gasteiger partial charge in [-0.15, -0.1) is 0 Å². The number of rotatable bonds is 4. The van der Waals surface area contributed by atoms with E-state index in [0.29, 0.717) is 18.7 Å². The predicted octanol–water partition coefficient (Wildman–Crippen LogP) is 1.39. The molecule has 98 valence electrons. The van der Waals surface area contributed by atoms with Gasteiger partial charge in [0, 0.05) is 12.5 Å². The number of hydrogen-bond acceptors (Lipinski definition) is 3. The average molecular weight is 262 g/mol. The second-order valence-corrected chi connectivity index (χ2v) is 4.01. The topological polar surface area (TPSA) is 83.0 Å². The number of benzene rings is 1. The number of carboxylic acid groups (broad SMARTS) is 1. The molecule has 0 aliphatic heterocycles. The minimum Gasteiger partial charge on any atom is -0.477 e. The van der Waals surface area contributed by atoms with Gasteiger partial charge in [-0.05, 0) is 24.1 Å². The van der Waals surface area contributed by atoms with Crippen LogP contribution in [0.15, 0.2) is 35.1 Å². The van der Waals surface area contributed by atoms with Gasteiger partial charge >= 0.3 is 5.97 Å². The summed E-state index contributed by atoms with van der Waals surface area (Å²) in [4.78, 5) is 28.3. The largest absolute Gasteiger partial charge is 0.477 e. The molecule has 0 spiro atoms. The van der Waals surface area contributed by atoms with Crippen molar-refractivity contribution >= 4 is 5.97 Å². The molecule has 0 fully saturated rings. The lowest BCUT2D eigenvalue weighted by atomic mass is 10.1. The summed E-state index contributed by atoms with van der Waals surface area (Å²) < 4.78 is 12.7. The van der Waals surface area contributed by atoms with Gasteiger partial charge in [0.05, 0.1) is 0 Å². The van der Waals surface area contributed by atoms with Gasteiger partial charge in [-0.25, -0.2) is 14.2 Å². The van der Waals surface area contributed by atoms with E-state index in [1.54, 1.807) is 12.1 Å². The van der Waals surface area contributed by atoms with Crippen LogP contribution < -0.4 is 5.56 Å². The van der Waals surface area contributed by atoms with E-state index in [-0.39, 0.29) is 11.5 Å². The molecule has 0 aliphatic carbocycles. The smallest absolute Gasteiger partial charge is 0.354 e. The third-order valence-corrected chi connectivity index (χ3v) is 2.57. The Labute approximate surface area is 107 Å². The van der Waals surface area contributed by atoms with Crippen molar-refractivity contribution < 1.29 is 14.3 Å². The summed E-state index contributed by atoms with van der Waals surface area (Å²) in [5, 5.41) is 8.79. The van der Waals surface area contributed by atoms with Gasteiger partial charge in [-0.2, -0.15) is 0 Å². The van der Waals surface area contributed by atoms with Crippen LogP contribution in [0, 0.1) is 5.82 Å². The Morgan fingerprint density at radius 3 is 2.58 bits per heavy atom. The SMILES string of the molecule is O=C(O)c1cc(=O)[nH]c(CCc2ccc(F)cc2)n1. The lowest BCUT2D eigenvalue weighted by molar-refractivity contribution is 0.0689. The van der Waals surface area contributed by atoms with Crippen LogP contribution in [0.5, 0.6) is 0 Å². The van der Waals surface area contributed by atoms with E-state index >= 15 is 0 Å². The average Bonchev–Trinajstić information content (AvgIpc) is 2.37. The molecule has 0 saturated carbocycles. The highest BCUT2D eigenvalue weighted by atomic mass is 19.1. The van der Waals surface area contributed by atoms with E-state index in [9.17, 15) is 14.0 Å². The third kappa shape index (κ3) is 3.48. The van der Waals surface area contributed by atoms with Gasteiger partial charge in [-0.1, -0.05) is 12.1 Å². The first-order chi connectivity index (χ1) is 9.04. The molecule has 0 atom stereocenters. The first-order valence-electron chi connectivity index (χ1n) is 5.62. The maximum absolute atomic E-state index is 12.7. The quantitative estimate of drug-likeness (QED) is 0.872. The summed E-state index contributed by atoms with van der Waals surface area (Å²) in [7, 11) is 0. The normalized spacial score (nSPS) is 10.4. The lowest BCUT2D eigenvalue weighted by Gasteiger charge is -2.02. The van der Waals surface area contributed by atoms with Crippen molar-refractivity contribution in [3.8, 4) is 0 Å². The highest BCUT2D eigenvalue weighted by Gasteiger charge is 2.08. The summed E-state index contributed by atoms with van der Waals surface area (Å²) in [6.45, 7) is 0. The van der Waals surface area contributed by atoms with Crippen LogP contribution in [0.2, 0.25) is 0 Å². The summed E-state index contributed by atoms with van der Waals surface area (Å²) in [5.41, 5.74) is 0.101. The van der Waals surface area contributed by atoms with Crippen molar-refractivity contribution in [3.05, 3.63) is 63.6 Å². The number of nitrogens with one attached hydrogen (secondary N) is 1. The zero-order chi connectivity index (χ0) is 13.8.